The fraction of sp³-hybridized carbons (Fsp3) is 0.133. The first-order valence-corrected chi connectivity index (χ1v) is 6.80. The lowest BCUT2D eigenvalue weighted by atomic mass is 10.0. The predicted octanol–water partition coefficient (Wildman–Crippen LogP) is 3.95. The van der Waals surface area contributed by atoms with Crippen LogP contribution in [0.15, 0.2) is 51.6 Å². The minimum absolute atomic E-state index is 0.298. The van der Waals surface area contributed by atoms with Gasteiger partial charge in [-0.15, -0.1) is 0 Å². The van der Waals surface area contributed by atoms with Gasteiger partial charge in [0.05, 0.1) is 10.5 Å². The van der Waals surface area contributed by atoms with Crippen molar-refractivity contribution in [1.82, 2.24) is 4.98 Å². The topological polar surface area (TPSA) is 52.0 Å². The summed E-state index contributed by atoms with van der Waals surface area (Å²) < 4.78 is 6.81. The molecule has 2 heterocycles. The molecule has 0 saturated heterocycles. The van der Waals surface area contributed by atoms with Gasteiger partial charge in [0.1, 0.15) is 11.3 Å². The van der Waals surface area contributed by atoms with E-state index >= 15 is 0 Å². The van der Waals surface area contributed by atoms with Gasteiger partial charge >= 0.3 is 0 Å². The number of aromatic nitrogens is 1. The van der Waals surface area contributed by atoms with E-state index in [1.54, 1.807) is 12.4 Å². The molecule has 2 aromatic heterocycles. The van der Waals surface area contributed by atoms with E-state index in [4.69, 9.17) is 10.2 Å². The Morgan fingerprint density at radius 2 is 2.16 bits per heavy atom. The Balaban J connectivity index is 2.10. The Morgan fingerprint density at radius 3 is 2.89 bits per heavy atom. The summed E-state index contributed by atoms with van der Waals surface area (Å²) in [6.07, 6.45) is 3.56. The zero-order valence-corrected chi connectivity index (χ0v) is 12.0. The highest BCUT2D eigenvalue weighted by Crippen LogP contribution is 2.31. The molecule has 3 aromatic rings. The number of benzene rings is 1. The maximum Gasteiger partial charge on any atom is 0.148 e. The van der Waals surface area contributed by atoms with Gasteiger partial charge in [-0.1, -0.05) is 12.1 Å². The van der Waals surface area contributed by atoms with E-state index < -0.39 is 0 Å². The van der Waals surface area contributed by atoms with E-state index in [2.05, 4.69) is 20.9 Å². The molecule has 0 aliphatic carbocycles. The van der Waals surface area contributed by atoms with Crippen LogP contribution in [0.2, 0.25) is 0 Å². The van der Waals surface area contributed by atoms with Gasteiger partial charge in [0, 0.05) is 17.8 Å². The molecular weight excluding hydrogens is 304 g/mol. The number of furan rings is 1. The van der Waals surface area contributed by atoms with Gasteiger partial charge in [0.25, 0.3) is 0 Å². The van der Waals surface area contributed by atoms with E-state index in [1.807, 2.05) is 37.3 Å². The second-order valence-corrected chi connectivity index (χ2v) is 5.37. The minimum atomic E-state index is -0.298. The number of rotatable bonds is 2. The number of aryl methyl sites for hydroxylation is 1. The lowest BCUT2D eigenvalue weighted by Crippen LogP contribution is -2.12. The lowest BCUT2D eigenvalue weighted by Gasteiger charge is -2.11. The molecule has 3 rings (SSSR count). The maximum atomic E-state index is 6.28. The van der Waals surface area contributed by atoms with Crippen LogP contribution in [0.3, 0.4) is 0 Å². The van der Waals surface area contributed by atoms with E-state index in [-0.39, 0.29) is 6.04 Å². The largest absolute Gasteiger partial charge is 0.458 e. The van der Waals surface area contributed by atoms with Crippen molar-refractivity contribution in [3.05, 3.63) is 64.1 Å². The fourth-order valence-electron chi connectivity index (χ4n) is 2.16. The summed E-state index contributed by atoms with van der Waals surface area (Å²) in [6.45, 7) is 2.02. The van der Waals surface area contributed by atoms with E-state index in [9.17, 15) is 0 Å². The molecule has 2 N–H and O–H groups in total. The summed E-state index contributed by atoms with van der Waals surface area (Å²) in [7, 11) is 0. The molecule has 0 spiro atoms. The van der Waals surface area contributed by atoms with E-state index in [1.165, 1.54) is 0 Å². The minimum Gasteiger partial charge on any atom is -0.458 e. The average Bonchev–Trinajstić information content (AvgIpc) is 2.84. The first-order valence-electron chi connectivity index (χ1n) is 6.01. The van der Waals surface area contributed by atoms with Crippen LogP contribution in [0.5, 0.6) is 0 Å². The number of fused-ring (bicyclic) bond motifs is 1. The average molecular weight is 317 g/mol. The van der Waals surface area contributed by atoms with Crippen molar-refractivity contribution < 1.29 is 4.42 Å². The van der Waals surface area contributed by atoms with Crippen LogP contribution in [-0.2, 0) is 0 Å². The third kappa shape index (κ3) is 2.17. The Hall–Kier alpha value is -1.65. The van der Waals surface area contributed by atoms with Gasteiger partial charge < -0.3 is 10.2 Å². The number of halogens is 1. The van der Waals surface area contributed by atoms with Crippen molar-refractivity contribution >= 4 is 26.9 Å². The molecule has 1 unspecified atom stereocenters. The molecule has 1 atom stereocenters. The summed E-state index contributed by atoms with van der Waals surface area (Å²) in [4.78, 5) is 4.13. The van der Waals surface area contributed by atoms with Gasteiger partial charge in [-0.3, -0.25) is 4.98 Å². The van der Waals surface area contributed by atoms with Crippen molar-refractivity contribution in [3.63, 3.8) is 0 Å². The molecule has 3 nitrogen and oxygen atoms in total. The molecule has 0 aliphatic rings. The van der Waals surface area contributed by atoms with Gasteiger partial charge in [-0.25, -0.2) is 0 Å². The van der Waals surface area contributed by atoms with E-state index in [0.717, 1.165) is 32.3 Å². The number of pyridine rings is 1. The highest BCUT2D eigenvalue weighted by Gasteiger charge is 2.17. The summed E-state index contributed by atoms with van der Waals surface area (Å²) >= 11 is 3.48. The molecule has 96 valence electrons. The SMILES string of the molecule is Cc1ccncc1C(N)c1cc2cccc(Br)c2o1. The third-order valence-electron chi connectivity index (χ3n) is 3.24. The van der Waals surface area contributed by atoms with Gasteiger partial charge in [0.2, 0.25) is 0 Å². The second kappa shape index (κ2) is 4.79. The molecule has 1 aromatic carbocycles. The Labute approximate surface area is 119 Å². The van der Waals surface area contributed by atoms with Gasteiger partial charge in [-0.2, -0.15) is 0 Å². The quantitative estimate of drug-likeness (QED) is 0.779. The normalized spacial score (nSPS) is 12.8. The Morgan fingerprint density at radius 1 is 1.32 bits per heavy atom. The first kappa shape index (κ1) is 12.4. The molecule has 19 heavy (non-hydrogen) atoms. The van der Waals surface area contributed by atoms with Crippen molar-refractivity contribution in [2.24, 2.45) is 5.73 Å². The number of nitrogens with zero attached hydrogens (tertiary/aromatic N) is 1. The van der Waals surface area contributed by atoms with Crippen LogP contribution in [-0.4, -0.2) is 4.98 Å². The summed E-state index contributed by atoms with van der Waals surface area (Å²) in [6, 6.07) is 9.58. The molecule has 0 bridgehead atoms. The highest BCUT2D eigenvalue weighted by molar-refractivity contribution is 9.10. The first-order chi connectivity index (χ1) is 9.16. The zero-order valence-electron chi connectivity index (χ0n) is 10.4. The van der Waals surface area contributed by atoms with E-state index in [0.29, 0.717) is 0 Å². The second-order valence-electron chi connectivity index (χ2n) is 4.52. The number of hydrogen-bond acceptors (Lipinski definition) is 3. The molecule has 0 aliphatic heterocycles. The van der Waals surface area contributed by atoms with Gasteiger partial charge in [-0.05, 0) is 52.2 Å². The summed E-state index contributed by atoms with van der Waals surface area (Å²) in [5.74, 6) is 0.748. The number of hydrogen-bond donors (Lipinski definition) is 1. The highest BCUT2D eigenvalue weighted by atomic mass is 79.9. The Kier molecular flexibility index (Phi) is 3.12. The van der Waals surface area contributed by atoms with Crippen molar-refractivity contribution in [2.45, 2.75) is 13.0 Å². The zero-order chi connectivity index (χ0) is 13.4. The number of nitrogens with two attached hydrogens (primary N) is 1. The molecule has 0 fully saturated rings. The monoisotopic (exact) mass is 316 g/mol. The van der Waals surface area contributed by atoms with Crippen molar-refractivity contribution in [1.29, 1.82) is 0 Å². The van der Waals surface area contributed by atoms with Crippen LogP contribution in [0.1, 0.15) is 22.9 Å². The molecule has 4 heteroatoms. The molecular formula is C15H13BrN2O. The molecule has 0 saturated carbocycles. The molecule has 0 amide bonds. The van der Waals surface area contributed by atoms with Crippen LogP contribution < -0.4 is 5.73 Å². The van der Waals surface area contributed by atoms with Crippen LogP contribution in [0, 0.1) is 6.92 Å². The fourth-order valence-corrected chi connectivity index (χ4v) is 2.62. The Bertz CT molecular complexity index is 736. The van der Waals surface area contributed by atoms with Crippen molar-refractivity contribution in [2.75, 3.05) is 0 Å². The summed E-state index contributed by atoms with van der Waals surface area (Å²) in [5, 5.41) is 1.04. The van der Waals surface area contributed by atoms with Crippen LogP contribution >= 0.6 is 15.9 Å². The predicted molar refractivity (Wildman–Crippen MR) is 78.9 cm³/mol. The lowest BCUT2D eigenvalue weighted by molar-refractivity contribution is 0.522. The van der Waals surface area contributed by atoms with Crippen LogP contribution in [0.4, 0.5) is 0 Å². The standard InChI is InChI=1S/C15H13BrN2O/c1-9-5-6-18-8-11(9)14(17)13-7-10-3-2-4-12(16)15(10)19-13/h2-8,14H,17H2,1H3. The molecule has 0 radical (unpaired) electrons. The maximum absolute atomic E-state index is 6.28. The summed E-state index contributed by atoms with van der Waals surface area (Å²) in [5.41, 5.74) is 9.21. The third-order valence-corrected chi connectivity index (χ3v) is 3.86. The van der Waals surface area contributed by atoms with Crippen LogP contribution in [0.25, 0.3) is 11.0 Å². The van der Waals surface area contributed by atoms with Gasteiger partial charge in [0.15, 0.2) is 0 Å². The number of para-hydroxylation sites is 1. The smallest absolute Gasteiger partial charge is 0.148 e. The van der Waals surface area contributed by atoms with Crippen molar-refractivity contribution in [3.8, 4) is 0 Å².